The van der Waals surface area contributed by atoms with Crippen LogP contribution in [0.25, 0.3) is 0 Å². The Morgan fingerprint density at radius 2 is 1.80 bits per heavy atom. The molecule has 1 atom stereocenters. The van der Waals surface area contributed by atoms with E-state index in [1.165, 1.54) is 32.1 Å². The van der Waals surface area contributed by atoms with Crippen LogP contribution in [0.3, 0.4) is 0 Å². The molecule has 0 spiro atoms. The maximum atomic E-state index is 5.57. The zero-order chi connectivity index (χ0) is 7.11. The van der Waals surface area contributed by atoms with E-state index in [1.54, 1.807) is 0 Å². The van der Waals surface area contributed by atoms with Crippen LogP contribution in [-0.2, 0) is 0 Å². The second kappa shape index (κ2) is 9.25. The highest BCUT2D eigenvalue weighted by Gasteiger charge is 1.91. The summed E-state index contributed by atoms with van der Waals surface area (Å²) in [5, 5.41) is 0. The second-order valence-corrected chi connectivity index (χ2v) is 2.83. The van der Waals surface area contributed by atoms with Gasteiger partial charge in [-0.25, -0.2) is 0 Å². The molecule has 0 aromatic heterocycles. The summed E-state index contributed by atoms with van der Waals surface area (Å²) in [6.45, 7) is 4.30. The fraction of sp³-hybridized carbons (Fsp3) is 1.00. The van der Waals surface area contributed by atoms with Crippen molar-refractivity contribution in [3.8, 4) is 0 Å². The van der Waals surface area contributed by atoms with Gasteiger partial charge in [0.2, 0.25) is 0 Å². The van der Waals surface area contributed by atoms with Crippen LogP contribution < -0.4 is 5.73 Å². The van der Waals surface area contributed by atoms with E-state index in [0.29, 0.717) is 6.04 Å². The van der Waals surface area contributed by atoms with Crippen molar-refractivity contribution in [2.24, 2.45) is 5.73 Å². The molecule has 0 aromatic carbocycles. The van der Waals surface area contributed by atoms with E-state index < -0.39 is 0 Å². The van der Waals surface area contributed by atoms with E-state index >= 15 is 0 Å². The van der Waals surface area contributed by atoms with Crippen molar-refractivity contribution in [1.82, 2.24) is 0 Å². The Labute approximate surface area is 70.8 Å². The van der Waals surface area contributed by atoms with E-state index in [4.69, 9.17) is 5.73 Å². The van der Waals surface area contributed by atoms with Crippen LogP contribution in [0.4, 0.5) is 0 Å². The molecule has 0 aliphatic carbocycles. The monoisotopic (exact) mass is 165 g/mol. The highest BCUT2D eigenvalue weighted by Crippen LogP contribution is 2.03. The molecule has 1 nitrogen and oxygen atoms in total. The van der Waals surface area contributed by atoms with Gasteiger partial charge in [0.05, 0.1) is 0 Å². The molecule has 10 heavy (non-hydrogen) atoms. The Morgan fingerprint density at radius 3 is 2.20 bits per heavy atom. The summed E-state index contributed by atoms with van der Waals surface area (Å²) in [5.74, 6) is 0. The van der Waals surface area contributed by atoms with Crippen LogP contribution >= 0.6 is 12.4 Å². The summed E-state index contributed by atoms with van der Waals surface area (Å²) >= 11 is 0. The van der Waals surface area contributed by atoms with Crippen LogP contribution in [0.2, 0.25) is 0 Å². The molecule has 2 N–H and O–H groups in total. The van der Waals surface area contributed by atoms with Crippen molar-refractivity contribution in [2.75, 3.05) is 0 Å². The Bertz CT molecular complexity index is 55.2. The largest absolute Gasteiger partial charge is 0.328 e. The van der Waals surface area contributed by atoms with Gasteiger partial charge in [-0.1, -0.05) is 32.6 Å². The minimum atomic E-state index is 0. The number of hydrogen-bond donors (Lipinski definition) is 1. The maximum absolute atomic E-state index is 5.57. The molecule has 0 saturated carbocycles. The normalized spacial score (nSPS) is 12.3. The van der Waals surface area contributed by atoms with Gasteiger partial charge in [0.25, 0.3) is 0 Å². The minimum absolute atomic E-state index is 0. The van der Waals surface area contributed by atoms with Crippen molar-refractivity contribution >= 4 is 12.4 Å². The third-order valence-electron chi connectivity index (χ3n) is 1.51. The molecule has 0 rings (SSSR count). The first-order valence-electron chi connectivity index (χ1n) is 4.03. The highest BCUT2D eigenvalue weighted by atomic mass is 35.5. The summed E-state index contributed by atoms with van der Waals surface area (Å²) in [6, 6.07) is 0.404. The van der Waals surface area contributed by atoms with Gasteiger partial charge in [-0.15, -0.1) is 12.4 Å². The summed E-state index contributed by atoms with van der Waals surface area (Å²) < 4.78 is 0. The van der Waals surface area contributed by atoms with Crippen molar-refractivity contribution in [3.63, 3.8) is 0 Å². The molecule has 0 radical (unpaired) electrons. The van der Waals surface area contributed by atoms with Crippen LogP contribution in [0.15, 0.2) is 0 Å². The maximum Gasteiger partial charge on any atom is 0.00104 e. The van der Waals surface area contributed by atoms with E-state index in [2.05, 4.69) is 13.8 Å². The van der Waals surface area contributed by atoms with Crippen LogP contribution in [-0.4, -0.2) is 6.04 Å². The number of hydrogen-bond acceptors (Lipinski definition) is 1. The highest BCUT2D eigenvalue weighted by molar-refractivity contribution is 5.85. The van der Waals surface area contributed by atoms with Gasteiger partial charge in [0.1, 0.15) is 0 Å². The predicted octanol–water partition coefficient (Wildman–Crippen LogP) is 2.73. The number of halogens is 1. The third-order valence-corrected chi connectivity index (χ3v) is 1.51. The molecule has 2 heteroatoms. The van der Waals surface area contributed by atoms with E-state index in [0.717, 1.165) is 0 Å². The minimum Gasteiger partial charge on any atom is -0.328 e. The first-order valence-corrected chi connectivity index (χ1v) is 4.03. The zero-order valence-electron chi connectivity index (χ0n) is 7.10. The van der Waals surface area contributed by atoms with Gasteiger partial charge in [0.15, 0.2) is 0 Å². The van der Waals surface area contributed by atoms with Crippen LogP contribution in [0.5, 0.6) is 0 Å². The fourth-order valence-electron chi connectivity index (χ4n) is 0.893. The van der Waals surface area contributed by atoms with Gasteiger partial charge < -0.3 is 5.73 Å². The van der Waals surface area contributed by atoms with Crippen LogP contribution in [0.1, 0.15) is 46.0 Å². The molecular formula is C8H20ClN. The SMILES string of the molecule is CCCCCC[C@H](C)N.Cl. The van der Waals surface area contributed by atoms with Gasteiger partial charge in [-0.3, -0.25) is 0 Å². The Hall–Kier alpha value is 0.250. The second-order valence-electron chi connectivity index (χ2n) is 2.83. The number of unbranched alkanes of at least 4 members (excludes halogenated alkanes) is 3. The van der Waals surface area contributed by atoms with E-state index in [1.807, 2.05) is 0 Å². The molecule has 0 saturated heterocycles. The summed E-state index contributed by atoms with van der Waals surface area (Å²) in [7, 11) is 0. The molecule has 0 fully saturated rings. The quantitative estimate of drug-likeness (QED) is 0.623. The molecule has 0 aliphatic rings. The smallest absolute Gasteiger partial charge is 0.00104 e. The standard InChI is InChI=1S/C8H19N.ClH/c1-3-4-5-6-7-8(2)9;/h8H,3-7,9H2,1-2H3;1H/t8-;/m0./s1. The molecule has 0 amide bonds. The van der Waals surface area contributed by atoms with Crippen molar-refractivity contribution in [1.29, 1.82) is 0 Å². The molecular weight excluding hydrogens is 146 g/mol. The van der Waals surface area contributed by atoms with Gasteiger partial charge in [-0.05, 0) is 13.3 Å². The Morgan fingerprint density at radius 1 is 1.20 bits per heavy atom. The molecule has 0 aliphatic heterocycles. The lowest BCUT2D eigenvalue weighted by Gasteiger charge is -2.02. The third kappa shape index (κ3) is 11.1. The molecule has 0 heterocycles. The van der Waals surface area contributed by atoms with Crippen molar-refractivity contribution < 1.29 is 0 Å². The lowest BCUT2D eigenvalue weighted by Crippen LogP contribution is -2.13. The Kier molecular flexibility index (Phi) is 11.9. The summed E-state index contributed by atoms with van der Waals surface area (Å²) in [6.07, 6.45) is 6.55. The predicted molar refractivity (Wildman–Crippen MR) is 49.7 cm³/mol. The zero-order valence-corrected chi connectivity index (χ0v) is 7.91. The lowest BCUT2D eigenvalue weighted by atomic mass is 10.1. The topological polar surface area (TPSA) is 26.0 Å². The summed E-state index contributed by atoms with van der Waals surface area (Å²) in [5.41, 5.74) is 5.57. The molecule has 0 unspecified atom stereocenters. The van der Waals surface area contributed by atoms with Crippen molar-refractivity contribution in [3.05, 3.63) is 0 Å². The van der Waals surface area contributed by atoms with Gasteiger partial charge in [-0.2, -0.15) is 0 Å². The Balaban J connectivity index is 0. The van der Waals surface area contributed by atoms with E-state index in [9.17, 15) is 0 Å². The van der Waals surface area contributed by atoms with Gasteiger partial charge >= 0.3 is 0 Å². The first kappa shape index (κ1) is 12.9. The average molecular weight is 166 g/mol. The number of nitrogens with two attached hydrogens (primary N) is 1. The van der Waals surface area contributed by atoms with Gasteiger partial charge in [0, 0.05) is 6.04 Å². The van der Waals surface area contributed by atoms with Crippen molar-refractivity contribution in [2.45, 2.75) is 52.0 Å². The molecule has 0 bridgehead atoms. The average Bonchev–Trinajstić information content (AvgIpc) is 1.80. The first-order chi connectivity index (χ1) is 4.27. The van der Waals surface area contributed by atoms with E-state index in [-0.39, 0.29) is 12.4 Å². The molecule has 64 valence electrons. The number of rotatable bonds is 5. The fourth-order valence-corrected chi connectivity index (χ4v) is 0.893. The summed E-state index contributed by atoms with van der Waals surface area (Å²) in [4.78, 5) is 0. The lowest BCUT2D eigenvalue weighted by molar-refractivity contribution is 0.575. The molecule has 0 aromatic rings. The van der Waals surface area contributed by atoms with Crippen LogP contribution in [0, 0.1) is 0 Å².